The van der Waals surface area contributed by atoms with Crippen molar-refractivity contribution in [3.8, 4) is 17.0 Å². The number of aryl methyl sites for hydroxylation is 2. The summed E-state index contributed by atoms with van der Waals surface area (Å²) in [4.78, 5) is 8.75. The van der Waals surface area contributed by atoms with Crippen LogP contribution in [0, 0.1) is 20.8 Å². The fourth-order valence-electron chi connectivity index (χ4n) is 2.44. The standard InChI is InChI=1S/C16H21N3O/c1-6-17-16-12(4)15(18-9-19-16)14-11(3)7-10(2)8-13(14)20-5/h7-9H,6H2,1-5H3,(H,17,18,19). The number of methoxy groups -OCH3 is 1. The van der Waals surface area contributed by atoms with Gasteiger partial charge in [-0.2, -0.15) is 0 Å². The minimum Gasteiger partial charge on any atom is -0.496 e. The van der Waals surface area contributed by atoms with Crippen molar-refractivity contribution >= 4 is 5.82 Å². The predicted molar refractivity (Wildman–Crippen MR) is 82.4 cm³/mol. The average molecular weight is 271 g/mol. The number of ether oxygens (including phenoxy) is 1. The van der Waals surface area contributed by atoms with Crippen LogP contribution in [0.1, 0.15) is 23.6 Å². The van der Waals surface area contributed by atoms with Crippen LogP contribution in [0.4, 0.5) is 5.82 Å². The molecule has 0 radical (unpaired) electrons. The Morgan fingerprint density at radius 1 is 1.15 bits per heavy atom. The maximum absolute atomic E-state index is 5.54. The number of nitrogens with one attached hydrogen (secondary N) is 1. The molecule has 0 aliphatic carbocycles. The van der Waals surface area contributed by atoms with Gasteiger partial charge in [0.2, 0.25) is 0 Å². The van der Waals surface area contributed by atoms with Crippen LogP contribution in [0.15, 0.2) is 18.5 Å². The molecule has 0 atom stereocenters. The molecule has 0 saturated heterocycles. The van der Waals surface area contributed by atoms with Gasteiger partial charge in [-0.05, 0) is 44.9 Å². The summed E-state index contributed by atoms with van der Waals surface area (Å²) >= 11 is 0. The Morgan fingerprint density at radius 3 is 2.55 bits per heavy atom. The Hall–Kier alpha value is -2.10. The van der Waals surface area contributed by atoms with E-state index in [9.17, 15) is 0 Å². The normalized spacial score (nSPS) is 10.4. The van der Waals surface area contributed by atoms with Gasteiger partial charge >= 0.3 is 0 Å². The summed E-state index contributed by atoms with van der Waals surface area (Å²) in [6, 6.07) is 4.18. The summed E-state index contributed by atoms with van der Waals surface area (Å²) in [7, 11) is 1.69. The van der Waals surface area contributed by atoms with E-state index in [0.717, 1.165) is 40.5 Å². The Kier molecular flexibility index (Phi) is 4.23. The molecular formula is C16H21N3O. The zero-order valence-electron chi connectivity index (χ0n) is 12.7. The van der Waals surface area contributed by atoms with Crippen LogP contribution in [0.3, 0.4) is 0 Å². The number of nitrogens with zero attached hydrogens (tertiary/aromatic N) is 2. The third-order valence-electron chi connectivity index (χ3n) is 3.33. The molecule has 0 amide bonds. The van der Waals surface area contributed by atoms with Crippen molar-refractivity contribution in [2.75, 3.05) is 19.0 Å². The maximum atomic E-state index is 5.54. The van der Waals surface area contributed by atoms with Crippen molar-refractivity contribution in [2.45, 2.75) is 27.7 Å². The van der Waals surface area contributed by atoms with Crippen LogP contribution >= 0.6 is 0 Å². The van der Waals surface area contributed by atoms with Crippen molar-refractivity contribution in [1.82, 2.24) is 9.97 Å². The lowest BCUT2D eigenvalue weighted by Crippen LogP contribution is -2.05. The van der Waals surface area contributed by atoms with Crippen molar-refractivity contribution in [3.63, 3.8) is 0 Å². The molecule has 0 unspecified atom stereocenters. The van der Waals surface area contributed by atoms with Crippen molar-refractivity contribution in [2.24, 2.45) is 0 Å². The van der Waals surface area contributed by atoms with E-state index in [1.165, 1.54) is 5.56 Å². The van der Waals surface area contributed by atoms with Crippen LogP contribution in [0.5, 0.6) is 5.75 Å². The zero-order valence-corrected chi connectivity index (χ0v) is 12.7. The van der Waals surface area contributed by atoms with E-state index >= 15 is 0 Å². The first-order valence-electron chi connectivity index (χ1n) is 6.79. The van der Waals surface area contributed by atoms with E-state index in [2.05, 4.69) is 42.1 Å². The van der Waals surface area contributed by atoms with Crippen LogP contribution in [-0.2, 0) is 0 Å². The molecule has 4 nitrogen and oxygen atoms in total. The van der Waals surface area contributed by atoms with Gasteiger partial charge in [0, 0.05) is 17.7 Å². The summed E-state index contributed by atoms with van der Waals surface area (Å²) < 4.78 is 5.54. The van der Waals surface area contributed by atoms with Crippen LogP contribution in [0.2, 0.25) is 0 Å². The van der Waals surface area contributed by atoms with Gasteiger partial charge < -0.3 is 10.1 Å². The highest BCUT2D eigenvalue weighted by Gasteiger charge is 2.16. The molecule has 0 aliphatic heterocycles. The molecule has 0 aliphatic rings. The largest absolute Gasteiger partial charge is 0.496 e. The molecular weight excluding hydrogens is 250 g/mol. The predicted octanol–water partition coefficient (Wildman–Crippen LogP) is 3.51. The SMILES string of the molecule is CCNc1ncnc(-c2c(C)cc(C)cc2OC)c1C. The van der Waals surface area contributed by atoms with E-state index in [1.54, 1.807) is 13.4 Å². The Morgan fingerprint density at radius 2 is 1.90 bits per heavy atom. The highest BCUT2D eigenvalue weighted by atomic mass is 16.5. The lowest BCUT2D eigenvalue weighted by molar-refractivity contribution is 0.415. The number of anilines is 1. The van der Waals surface area contributed by atoms with Gasteiger partial charge in [-0.15, -0.1) is 0 Å². The fraction of sp³-hybridized carbons (Fsp3) is 0.375. The van der Waals surface area contributed by atoms with E-state index < -0.39 is 0 Å². The minimum atomic E-state index is 0.835. The number of hydrogen-bond acceptors (Lipinski definition) is 4. The Labute approximate surface area is 120 Å². The van der Waals surface area contributed by atoms with E-state index in [-0.39, 0.29) is 0 Å². The van der Waals surface area contributed by atoms with Crippen molar-refractivity contribution < 1.29 is 4.74 Å². The van der Waals surface area contributed by atoms with Gasteiger partial charge in [0.05, 0.1) is 12.8 Å². The molecule has 0 fully saturated rings. The molecule has 1 aromatic heterocycles. The van der Waals surface area contributed by atoms with E-state index in [0.29, 0.717) is 0 Å². The molecule has 2 rings (SSSR count). The Bertz CT molecular complexity index is 623. The molecule has 2 aromatic rings. The monoisotopic (exact) mass is 271 g/mol. The lowest BCUT2D eigenvalue weighted by Gasteiger charge is -2.16. The number of aromatic nitrogens is 2. The molecule has 0 bridgehead atoms. The van der Waals surface area contributed by atoms with Gasteiger partial charge in [-0.3, -0.25) is 0 Å². The van der Waals surface area contributed by atoms with Crippen molar-refractivity contribution in [1.29, 1.82) is 0 Å². The van der Waals surface area contributed by atoms with Gasteiger partial charge in [-0.25, -0.2) is 9.97 Å². The summed E-state index contributed by atoms with van der Waals surface area (Å²) in [5.41, 5.74) is 5.34. The van der Waals surface area contributed by atoms with Gasteiger partial charge in [0.1, 0.15) is 17.9 Å². The Balaban J connectivity index is 2.65. The van der Waals surface area contributed by atoms with Crippen LogP contribution in [-0.4, -0.2) is 23.6 Å². The maximum Gasteiger partial charge on any atom is 0.132 e. The second-order valence-electron chi connectivity index (χ2n) is 4.89. The highest BCUT2D eigenvalue weighted by molar-refractivity contribution is 5.76. The van der Waals surface area contributed by atoms with Crippen LogP contribution < -0.4 is 10.1 Å². The third-order valence-corrected chi connectivity index (χ3v) is 3.33. The van der Waals surface area contributed by atoms with Gasteiger partial charge in [0.25, 0.3) is 0 Å². The molecule has 1 aromatic carbocycles. The molecule has 0 spiro atoms. The molecule has 0 saturated carbocycles. The summed E-state index contributed by atoms with van der Waals surface area (Å²) in [6.07, 6.45) is 1.60. The molecule has 1 heterocycles. The summed E-state index contributed by atoms with van der Waals surface area (Å²) in [5.74, 6) is 1.73. The molecule has 106 valence electrons. The summed E-state index contributed by atoms with van der Waals surface area (Å²) in [6.45, 7) is 9.07. The summed E-state index contributed by atoms with van der Waals surface area (Å²) in [5, 5.41) is 3.26. The van der Waals surface area contributed by atoms with E-state index in [1.807, 2.05) is 13.0 Å². The fourth-order valence-corrected chi connectivity index (χ4v) is 2.44. The molecule has 1 N–H and O–H groups in total. The number of hydrogen-bond donors (Lipinski definition) is 1. The topological polar surface area (TPSA) is 47.0 Å². The first-order chi connectivity index (χ1) is 9.58. The zero-order chi connectivity index (χ0) is 14.7. The smallest absolute Gasteiger partial charge is 0.132 e. The van der Waals surface area contributed by atoms with Gasteiger partial charge in [0.15, 0.2) is 0 Å². The first-order valence-corrected chi connectivity index (χ1v) is 6.79. The van der Waals surface area contributed by atoms with E-state index in [4.69, 9.17) is 4.74 Å². The van der Waals surface area contributed by atoms with Crippen LogP contribution in [0.25, 0.3) is 11.3 Å². The number of rotatable bonds is 4. The number of benzene rings is 1. The molecule has 4 heteroatoms. The average Bonchev–Trinajstić information content (AvgIpc) is 2.41. The quantitative estimate of drug-likeness (QED) is 0.924. The second-order valence-corrected chi connectivity index (χ2v) is 4.89. The molecule has 20 heavy (non-hydrogen) atoms. The lowest BCUT2D eigenvalue weighted by atomic mass is 9.98. The first kappa shape index (κ1) is 14.3. The van der Waals surface area contributed by atoms with Gasteiger partial charge in [-0.1, -0.05) is 6.07 Å². The van der Waals surface area contributed by atoms with Crippen molar-refractivity contribution in [3.05, 3.63) is 35.2 Å². The minimum absolute atomic E-state index is 0.835. The third kappa shape index (κ3) is 2.59. The highest BCUT2D eigenvalue weighted by Crippen LogP contribution is 2.36. The second kappa shape index (κ2) is 5.90.